The molecule has 2 aliphatic rings. The molecule has 3 rings (SSSR count). The fourth-order valence-corrected chi connectivity index (χ4v) is 2.83. The van der Waals surface area contributed by atoms with Crippen LogP contribution in [0.25, 0.3) is 0 Å². The number of carbonyl (C=O) groups is 1. The SMILES string of the molecule is CC(C)(C)OC(=O)N1CCC2(Cc3ccc(O)nc3O2)C1. The van der Waals surface area contributed by atoms with E-state index in [9.17, 15) is 9.90 Å². The van der Waals surface area contributed by atoms with Gasteiger partial charge in [0.2, 0.25) is 11.8 Å². The fraction of sp³-hybridized carbons (Fsp3) is 0.600. The summed E-state index contributed by atoms with van der Waals surface area (Å²) in [4.78, 5) is 17.8. The van der Waals surface area contributed by atoms with Gasteiger partial charge < -0.3 is 19.5 Å². The number of carbonyl (C=O) groups excluding carboxylic acids is 1. The number of nitrogens with zero attached hydrogens (tertiary/aromatic N) is 2. The smallest absolute Gasteiger partial charge is 0.410 e. The quantitative estimate of drug-likeness (QED) is 0.793. The molecule has 0 aliphatic carbocycles. The molecule has 6 heteroatoms. The lowest BCUT2D eigenvalue weighted by molar-refractivity contribution is 0.0228. The topological polar surface area (TPSA) is 71.9 Å². The second-order valence-electron chi connectivity index (χ2n) is 6.75. The van der Waals surface area contributed by atoms with Crippen molar-refractivity contribution in [3.05, 3.63) is 17.7 Å². The molecule has 1 aromatic heterocycles. The van der Waals surface area contributed by atoms with Gasteiger partial charge in [-0.2, -0.15) is 4.98 Å². The molecular formula is C15H20N2O4. The molecule has 1 unspecified atom stereocenters. The van der Waals surface area contributed by atoms with Crippen LogP contribution in [0.4, 0.5) is 4.79 Å². The fourth-order valence-electron chi connectivity index (χ4n) is 2.83. The van der Waals surface area contributed by atoms with E-state index in [1.54, 1.807) is 11.0 Å². The Morgan fingerprint density at radius 3 is 2.95 bits per heavy atom. The Balaban J connectivity index is 1.70. The third-order valence-electron chi connectivity index (χ3n) is 3.72. The highest BCUT2D eigenvalue weighted by Gasteiger charge is 2.47. The Bertz CT molecular complexity index is 582. The number of ether oxygens (including phenoxy) is 2. The van der Waals surface area contributed by atoms with Gasteiger partial charge in [0, 0.05) is 31.0 Å². The highest BCUT2D eigenvalue weighted by atomic mass is 16.6. The Kier molecular flexibility index (Phi) is 3.00. The number of likely N-dealkylation sites (tertiary alicyclic amines) is 1. The Morgan fingerprint density at radius 2 is 2.24 bits per heavy atom. The first-order valence-corrected chi connectivity index (χ1v) is 7.12. The normalized spacial score (nSPS) is 24.0. The lowest BCUT2D eigenvalue weighted by Gasteiger charge is -2.26. The predicted molar refractivity (Wildman–Crippen MR) is 75.4 cm³/mol. The summed E-state index contributed by atoms with van der Waals surface area (Å²) in [6.45, 7) is 6.65. The number of hydrogen-bond acceptors (Lipinski definition) is 5. The van der Waals surface area contributed by atoms with E-state index in [2.05, 4.69) is 4.98 Å². The summed E-state index contributed by atoms with van der Waals surface area (Å²) >= 11 is 0. The van der Waals surface area contributed by atoms with Crippen molar-refractivity contribution in [2.75, 3.05) is 13.1 Å². The molecule has 0 radical (unpaired) electrons. The lowest BCUT2D eigenvalue weighted by atomic mass is 9.97. The zero-order valence-corrected chi connectivity index (χ0v) is 12.5. The van der Waals surface area contributed by atoms with Gasteiger partial charge in [0.25, 0.3) is 0 Å². The van der Waals surface area contributed by atoms with Crippen LogP contribution >= 0.6 is 0 Å². The van der Waals surface area contributed by atoms with E-state index in [1.807, 2.05) is 26.8 Å². The van der Waals surface area contributed by atoms with E-state index in [-0.39, 0.29) is 12.0 Å². The van der Waals surface area contributed by atoms with Crippen molar-refractivity contribution < 1.29 is 19.4 Å². The Labute approximate surface area is 123 Å². The molecule has 0 saturated carbocycles. The van der Waals surface area contributed by atoms with Gasteiger partial charge in [-0.3, -0.25) is 0 Å². The Morgan fingerprint density at radius 1 is 1.48 bits per heavy atom. The molecule has 1 saturated heterocycles. The molecule has 0 bridgehead atoms. The molecule has 1 N–H and O–H groups in total. The minimum Gasteiger partial charge on any atom is -0.493 e. The number of pyridine rings is 1. The highest BCUT2D eigenvalue weighted by Crippen LogP contribution is 2.40. The van der Waals surface area contributed by atoms with Crippen molar-refractivity contribution in [2.24, 2.45) is 0 Å². The van der Waals surface area contributed by atoms with Gasteiger partial charge in [-0.25, -0.2) is 4.79 Å². The summed E-state index contributed by atoms with van der Waals surface area (Å²) in [5.41, 5.74) is 0.0403. The van der Waals surface area contributed by atoms with Crippen LogP contribution in [0, 0.1) is 0 Å². The number of rotatable bonds is 0. The van der Waals surface area contributed by atoms with Crippen LogP contribution in [0.3, 0.4) is 0 Å². The van der Waals surface area contributed by atoms with Gasteiger partial charge in [0.15, 0.2) is 0 Å². The van der Waals surface area contributed by atoms with Crippen LogP contribution in [0.15, 0.2) is 12.1 Å². The summed E-state index contributed by atoms with van der Waals surface area (Å²) in [6, 6.07) is 3.38. The first kappa shape index (κ1) is 14.0. The minimum atomic E-state index is -0.500. The van der Waals surface area contributed by atoms with Crippen molar-refractivity contribution in [2.45, 2.75) is 44.8 Å². The van der Waals surface area contributed by atoms with Gasteiger partial charge in [-0.1, -0.05) is 0 Å². The first-order valence-electron chi connectivity index (χ1n) is 7.12. The van der Waals surface area contributed by atoms with Crippen molar-refractivity contribution >= 4 is 6.09 Å². The maximum atomic E-state index is 12.1. The molecule has 1 amide bonds. The van der Waals surface area contributed by atoms with E-state index in [4.69, 9.17) is 9.47 Å². The molecule has 1 fully saturated rings. The molecule has 21 heavy (non-hydrogen) atoms. The molecule has 3 heterocycles. The van der Waals surface area contributed by atoms with Crippen LogP contribution in [0.2, 0.25) is 0 Å². The largest absolute Gasteiger partial charge is 0.493 e. The third-order valence-corrected chi connectivity index (χ3v) is 3.72. The molecule has 1 spiro atoms. The molecule has 6 nitrogen and oxygen atoms in total. The number of aromatic nitrogens is 1. The van der Waals surface area contributed by atoms with Gasteiger partial charge in [-0.15, -0.1) is 0 Å². The number of amides is 1. The zero-order chi connectivity index (χ0) is 15.3. The monoisotopic (exact) mass is 292 g/mol. The molecular weight excluding hydrogens is 272 g/mol. The zero-order valence-electron chi connectivity index (χ0n) is 12.5. The minimum absolute atomic E-state index is 0.0483. The van der Waals surface area contributed by atoms with Crippen LogP contribution in [0.5, 0.6) is 11.8 Å². The standard InChI is InChI=1S/C15H20N2O4/c1-14(2,3)21-13(19)17-7-6-15(9-17)8-10-4-5-11(18)16-12(10)20-15/h4-5H,6-9H2,1-3H3,(H,16,18). The van der Waals surface area contributed by atoms with Crippen LogP contribution in [0.1, 0.15) is 32.8 Å². The van der Waals surface area contributed by atoms with E-state index >= 15 is 0 Å². The lowest BCUT2D eigenvalue weighted by Crippen LogP contribution is -2.41. The molecule has 1 aromatic rings. The van der Waals surface area contributed by atoms with Crippen LogP contribution < -0.4 is 4.74 Å². The predicted octanol–water partition coefficient (Wildman–Crippen LogP) is 2.10. The molecule has 1 atom stereocenters. The molecule has 0 aromatic carbocycles. The first-order chi connectivity index (χ1) is 9.76. The van der Waals surface area contributed by atoms with Gasteiger partial charge >= 0.3 is 6.09 Å². The van der Waals surface area contributed by atoms with Gasteiger partial charge in [0.1, 0.15) is 11.2 Å². The highest BCUT2D eigenvalue weighted by molar-refractivity contribution is 5.68. The second-order valence-corrected chi connectivity index (χ2v) is 6.75. The van der Waals surface area contributed by atoms with Crippen molar-refractivity contribution in [1.82, 2.24) is 9.88 Å². The number of fused-ring (bicyclic) bond motifs is 1. The Hall–Kier alpha value is -1.98. The summed E-state index contributed by atoms with van der Waals surface area (Å²) in [5.74, 6) is 0.425. The van der Waals surface area contributed by atoms with Crippen molar-refractivity contribution in [3.8, 4) is 11.8 Å². The van der Waals surface area contributed by atoms with E-state index < -0.39 is 11.2 Å². The maximum Gasteiger partial charge on any atom is 0.410 e. The summed E-state index contributed by atoms with van der Waals surface area (Å²) in [5, 5.41) is 9.42. The van der Waals surface area contributed by atoms with Crippen LogP contribution in [-0.2, 0) is 11.2 Å². The average Bonchev–Trinajstić information content (AvgIpc) is 2.90. The van der Waals surface area contributed by atoms with Crippen molar-refractivity contribution in [1.29, 1.82) is 0 Å². The summed E-state index contributed by atoms with van der Waals surface area (Å²) < 4.78 is 11.3. The number of aromatic hydroxyl groups is 1. The third kappa shape index (κ3) is 2.75. The van der Waals surface area contributed by atoms with Gasteiger partial charge in [-0.05, 0) is 26.8 Å². The molecule has 2 aliphatic heterocycles. The molecule has 114 valence electrons. The van der Waals surface area contributed by atoms with Crippen LogP contribution in [-0.4, -0.2) is 45.4 Å². The van der Waals surface area contributed by atoms with E-state index in [0.29, 0.717) is 25.4 Å². The van der Waals surface area contributed by atoms with Crippen molar-refractivity contribution in [3.63, 3.8) is 0 Å². The van der Waals surface area contributed by atoms with Gasteiger partial charge in [0.05, 0.1) is 6.54 Å². The second kappa shape index (κ2) is 4.51. The number of hydrogen-bond donors (Lipinski definition) is 1. The maximum absolute atomic E-state index is 12.1. The van der Waals surface area contributed by atoms with E-state index in [1.165, 1.54) is 0 Å². The van der Waals surface area contributed by atoms with E-state index in [0.717, 1.165) is 12.0 Å². The average molecular weight is 292 g/mol. The summed E-state index contributed by atoms with van der Waals surface area (Å²) in [6.07, 6.45) is 1.13. The summed E-state index contributed by atoms with van der Waals surface area (Å²) in [7, 11) is 0.